The first kappa shape index (κ1) is 19.1. The van der Waals surface area contributed by atoms with Crippen LogP contribution in [0.3, 0.4) is 0 Å². The molecule has 6 heteroatoms. The smallest absolute Gasteiger partial charge is 0.338 e. The zero-order valence-corrected chi connectivity index (χ0v) is 15.5. The Balaban J connectivity index is 2.18. The Morgan fingerprint density at radius 1 is 1.04 bits per heavy atom. The second-order valence-electron chi connectivity index (χ2n) is 5.62. The molecule has 0 aliphatic carbocycles. The maximum Gasteiger partial charge on any atom is 0.338 e. The Kier molecular flexibility index (Phi) is 6.33. The zero-order chi connectivity index (χ0) is 18.4. The van der Waals surface area contributed by atoms with Crippen LogP contribution >= 0.6 is 0 Å². The SMILES string of the molecule is CCN(CC)S(=O)(=O)c1cccc(C(=O)OCc2ccccc2C)c1. The lowest BCUT2D eigenvalue weighted by Gasteiger charge is -2.18. The summed E-state index contributed by atoms with van der Waals surface area (Å²) in [6.45, 7) is 6.41. The Morgan fingerprint density at radius 3 is 2.36 bits per heavy atom. The van der Waals surface area contributed by atoms with Gasteiger partial charge in [-0.05, 0) is 36.2 Å². The summed E-state index contributed by atoms with van der Waals surface area (Å²) in [5.74, 6) is -0.542. The van der Waals surface area contributed by atoms with E-state index in [4.69, 9.17) is 4.74 Å². The summed E-state index contributed by atoms with van der Waals surface area (Å²) in [6.07, 6.45) is 0. The van der Waals surface area contributed by atoms with Gasteiger partial charge < -0.3 is 4.74 Å². The van der Waals surface area contributed by atoms with E-state index in [1.54, 1.807) is 26.0 Å². The predicted octanol–water partition coefficient (Wildman–Crippen LogP) is 3.38. The van der Waals surface area contributed by atoms with Gasteiger partial charge in [0.05, 0.1) is 10.5 Å². The van der Waals surface area contributed by atoms with Crippen molar-refractivity contribution in [2.45, 2.75) is 32.3 Å². The van der Waals surface area contributed by atoms with Gasteiger partial charge in [0.25, 0.3) is 0 Å². The first-order valence-electron chi connectivity index (χ1n) is 8.22. The number of nitrogens with zero attached hydrogens (tertiary/aromatic N) is 1. The van der Waals surface area contributed by atoms with Crippen LogP contribution in [0.4, 0.5) is 0 Å². The van der Waals surface area contributed by atoms with E-state index in [0.717, 1.165) is 11.1 Å². The highest BCUT2D eigenvalue weighted by Gasteiger charge is 2.22. The van der Waals surface area contributed by atoms with Crippen molar-refractivity contribution in [2.24, 2.45) is 0 Å². The van der Waals surface area contributed by atoms with Crippen molar-refractivity contribution >= 4 is 16.0 Å². The molecule has 0 radical (unpaired) electrons. The summed E-state index contributed by atoms with van der Waals surface area (Å²) in [7, 11) is -3.61. The maximum atomic E-state index is 12.6. The van der Waals surface area contributed by atoms with E-state index >= 15 is 0 Å². The van der Waals surface area contributed by atoms with E-state index in [1.165, 1.54) is 16.4 Å². The molecule has 2 rings (SSSR count). The van der Waals surface area contributed by atoms with Crippen LogP contribution in [0.1, 0.15) is 35.3 Å². The van der Waals surface area contributed by atoms with E-state index in [1.807, 2.05) is 31.2 Å². The molecule has 0 unspecified atom stereocenters. The molecule has 0 fully saturated rings. The van der Waals surface area contributed by atoms with Crippen LogP contribution in [0.25, 0.3) is 0 Å². The second-order valence-corrected chi connectivity index (χ2v) is 7.56. The summed E-state index contributed by atoms with van der Waals surface area (Å²) in [6, 6.07) is 13.6. The molecule has 0 aliphatic heterocycles. The number of benzene rings is 2. The summed E-state index contributed by atoms with van der Waals surface area (Å²) in [4.78, 5) is 12.4. The molecular formula is C19H23NO4S. The fourth-order valence-electron chi connectivity index (χ4n) is 2.49. The van der Waals surface area contributed by atoms with Gasteiger partial charge in [-0.1, -0.05) is 44.2 Å². The molecule has 0 saturated heterocycles. The van der Waals surface area contributed by atoms with Crippen LogP contribution in [-0.2, 0) is 21.4 Å². The quantitative estimate of drug-likeness (QED) is 0.709. The number of carbonyl (C=O) groups is 1. The first-order valence-corrected chi connectivity index (χ1v) is 9.66. The van der Waals surface area contributed by atoms with Crippen molar-refractivity contribution in [3.05, 3.63) is 65.2 Å². The van der Waals surface area contributed by atoms with Gasteiger partial charge in [-0.15, -0.1) is 0 Å². The van der Waals surface area contributed by atoms with E-state index in [-0.39, 0.29) is 17.1 Å². The molecule has 0 N–H and O–H groups in total. The van der Waals surface area contributed by atoms with Crippen LogP contribution in [0.5, 0.6) is 0 Å². The number of aryl methyl sites for hydroxylation is 1. The number of ether oxygens (including phenoxy) is 1. The summed E-state index contributed by atoms with van der Waals surface area (Å²) < 4.78 is 31.8. The van der Waals surface area contributed by atoms with Crippen LogP contribution in [0.15, 0.2) is 53.4 Å². The van der Waals surface area contributed by atoms with Gasteiger partial charge in [-0.25, -0.2) is 13.2 Å². The average molecular weight is 361 g/mol. The van der Waals surface area contributed by atoms with E-state index < -0.39 is 16.0 Å². The maximum absolute atomic E-state index is 12.6. The standard InChI is InChI=1S/C19H23NO4S/c1-4-20(5-2)25(22,23)18-12-8-11-16(13-18)19(21)24-14-17-10-7-6-9-15(17)3/h6-13H,4-5,14H2,1-3H3. The number of esters is 1. The lowest BCUT2D eigenvalue weighted by molar-refractivity contribution is 0.0472. The number of hydrogen-bond acceptors (Lipinski definition) is 4. The largest absolute Gasteiger partial charge is 0.457 e. The third-order valence-corrected chi connectivity index (χ3v) is 6.08. The Bertz CT molecular complexity index is 842. The van der Waals surface area contributed by atoms with Gasteiger partial charge in [0, 0.05) is 13.1 Å². The number of carbonyl (C=O) groups excluding carboxylic acids is 1. The predicted molar refractivity (Wildman–Crippen MR) is 96.8 cm³/mol. The lowest BCUT2D eigenvalue weighted by atomic mass is 10.1. The molecule has 0 heterocycles. The Hall–Kier alpha value is -2.18. The van der Waals surface area contributed by atoms with Crippen LogP contribution in [0.2, 0.25) is 0 Å². The van der Waals surface area contributed by atoms with Crippen molar-refractivity contribution in [3.8, 4) is 0 Å². The minimum Gasteiger partial charge on any atom is -0.457 e. The average Bonchev–Trinajstić information content (AvgIpc) is 2.61. The molecule has 0 atom stereocenters. The van der Waals surface area contributed by atoms with E-state index in [2.05, 4.69) is 0 Å². The van der Waals surface area contributed by atoms with E-state index in [0.29, 0.717) is 13.1 Å². The van der Waals surface area contributed by atoms with Gasteiger partial charge in [-0.3, -0.25) is 0 Å². The fraction of sp³-hybridized carbons (Fsp3) is 0.316. The highest BCUT2D eigenvalue weighted by atomic mass is 32.2. The summed E-state index contributed by atoms with van der Waals surface area (Å²) in [5, 5.41) is 0. The minimum atomic E-state index is -3.61. The molecule has 0 bridgehead atoms. The van der Waals surface area contributed by atoms with Crippen LogP contribution in [0, 0.1) is 6.92 Å². The lowest BCUT2D eigenvalue weighted by Crippen LogP contribution is -2.30. The van der Waals surface area contributed by atoms with Crippen LogP contribution < -0.4 is 0 Å². The first-order chi connectivity index (χ1) is 11.9. The highest BCUT2D eigenvalue weighted by Crippen LogP contribution is 2.18. The second kappa shape index (κ2) is 8.27. The Labute approximate surface area is 149 Å². The van der Waals surface area contributed by atoms with Gasteiger partial charge >= 0.3 is 5.97 Å². The number of sulfonamides is 1. The summed E-state index contributed by atoms with van der Waals surface area (Å²) in [5.41, 5.74) is 2.18. The van der Waals surface area contributed by atoms with Gasteiger partial charge in [-0.2, -0.15) is 4.31 Å². The van der Waals surface area contributed by atoms with Crippen molar-refractivity contribution in [2.75, 3.05) is 13.1 Å². The molecule has 0 amide bonds. The molecule has 134 valence electrons. The van der Waals surface area contributed by atoms with Crippen LogP contribution in [-0.4, -0.2) is 31.8 Å². The molecule has 2 aromatic carbocycles. The third-order valence-electron chi connectivity index (χ3n) is 4.03. The highest BCUT2D eigenvalue weighted by molar-refractivity contribution is 7.89. The topological polar surface area (TPSA) is 63.7 Å². The molecular weight excluding hydrogens is 338 g/mol. The number of hydrogen-bond donors (Lipinski definition) is 0. The van der Waals surface area contributed by atoms with Gasteiger partial charge in [0.15, 0.2) is 0 Å². The van der Waals surface area contributed by atoms with Gasteiger partial charge in [0.2, 0.25) is 10.0 Å². The third kappa shape index (κ3) is 4.46. The summed E-state index contributed by atoms with van der Waals surface area (Å²) >= 11 is 0. The molecule has 2 aromatic rings. The molecule has 0 aliphatic rings. The molecule has 5 nitrogen and oxygen atoms in total. The molecule has 0 aromatic heterocycles. The number of rotatable bonds is 7. The van der Waals surface area contributed by atoms with Crippen molar-refractivity contribution in [1.29, 1.82) is 0 Å². The normalized spacial score (nSPS) is 11.5. The monoisotopic (exact) mass is 361 g/mol. The molecule has 0 spiro atoms. The van der Waals surface area contributed by atoms with Crippen molar-refractivity contribution < 1.29 is 17.9 Å². The fourth-order valence-corrected chi connectivity index (χ4v) is 4.00. The van der Waals surface area contributed by atoms with Gasteiger partial charge in [0.1, 0.15) is 6.61 Å². The zero-order valence-electron chi connectivity index (χ0n) is 14.7. The molecule has 25 heavy (non-hydrogen) atoms. The van der Waals surface area contributed by atoms with Crippen molar-refractivity contribution in [1.82, 2.24) is 4.31 Å². The van der Waals surface area contributed by atoms with E-state index in [9.17, 15) is 13.2 Å². The minimum absolute atomic E-state index is 0.0986. The van der Waals surface area contributed by atoms with Crippen molar-refractivity contribution in [3.63, 3.8) is 0 Å². The molecule has 0 saturated carbocycles. The Morgan fingerprint density at radius 2 is 1.72 bits per heavy atom.